The summed E-state index contributed by atoms with van der Waals surface area (Å²) in [4.78, 5) is 2.21. The monoisotopic (exact) mass is 270 g/mol. The molecule has 0 radical (unpaired) electrons. The molecule has 0 aromatic heterocycles. The number of rotatable bonds is 4. The molecule has 2 N–H and O–H groups in total. The molecule has 106 valence electrons. The van der Waals surface area contributed by atoms with Crippen LogP contribution in [0.4, 0.5) is 8.78 Å². The Bertz CT molecular complexity index is 434. The summed E-state index contributed by atoms with van der Waals surface area (Å²) in [5.74, 6) is -2.69. The molecule has 0 amide bonds. The largest absolute Gasteiger partial charge is 0.505 e. The summed E-state index contributed by atoms with van der Waals surface area (Å²) in [5, 5.41) is 13.1. The van der Waals surface area contributed by atoms with Gasteiger partial charge in [0.15, 0.2) is 11.6 Å². The number of phenolic OH excluding ortho intramolecular Hbond substituents is 1. The molecule has 3 nitrogen and oxygen atoms in total. The molecule has 19 heavy (non-hydrogen) atoms. The zero-order valence-corrected chi connectivity index (χ0v) is 11.1. The number of hydrogen-bond acceptors (Lipinski definition) is 3. The van der Waals surface area contributed by atoms with Crippen molar-refractivity contribution >= 4 is 0 Å². The predicted octanol–water partition coefficient (Wildman–Crippen LogP) is 2.42. The van der Waals surface area contributed by atoms with E-state index in [1.54, 1.807) is 0 Å². The average Bonchev–Trinajstić information content (AvgIpc) is 2.44. The van der Waals surface area contributed by atoms with Gasteiger partial charge in [-0.05, 0) is 12.5 Å². The summed E-state index contributed by atoms with van der Waals surface area (Å²) in [6.45, 7) is 5.51. The molecular weight excluding hydrogens is 250 g/mol. The zero-order chi connectivity index (χ0) is 13.8. The maximum atomic E-state index is 13.5. The minimum absolute atomic E-state index is 0.0535. The van der Waals surface area contributed by atoms with Gasteiger partial charge in [-0.1, -0.05) is 19.4 Å². The van der Waals surface area contributed by atoms with Gasteiger partial charge in [-0.3, -0.25) is 4.90 Å². The summed E-state index contributed by atoms with van der Waals surface area (Å²) in [7, 11) is 0. The number of nitrogens with one attached hydrogen (secondary N) is 1. The topological polar surface area (TPSA) is 35.5 Å². The number of benzene rings is 1. The summed E-state index contributed by atoms with van der Waals surface area (Å²) in [6.07, 6.45) is 1.74. The molecule has 5 heteroatoms. The van der Waals surface area contributed by atoms with Crippen LogP contribution >= 0.6 is 0 Å². The normalized spacial score (nSPS) is 18.5. The minimum atomic E-state index is -1.14. The van der Waals surface area contributed by atoms with Crippen LogP contribution < -0.4 is 5.32 Å². The molecule has 1 aromatic rings. The van der Waals surface area contributed by atoms with Crippen molar-refractivity contribution < 1.29 is 13.9 Å². The third-order valence-electron chi connectivity index (χ3n) is 3.61. The van der Waals surface area contributed by atoms with Crippen LogP contribution in [0.15, 0.2) is 12.1 Å². The van der Waals surface area contributed by atoms with Crippen molar-refractivity contribution in [2.24, 2.45) is 0 Å². The van der Waals surface area contributed by atoms with E-state index in [0.29, 0.717) is 5.56 Å². The van der Waals surface area contributed by atoms with Crippen LogP contribution in [0.1, 0.15) is 31.4 Å². The fourth-order valence-corrected chi connectivity index (χ4v) is 2.63. The smallest absolute Gasteiger partial charge is 0.200 e. The van der Waals surface area contributed by atoms with Gasteiger partial charge in [-0.15, -0.1) is 0 Å². The van der Waals surface area contributed by atoms with Gasteiger partial charge in [0.05, 0.1) is 0 Å². The molecule has 1 heterocycles. The molecule has 1 saturated heterocycles. The number of piperazine rings is 1. The lowest BCUT2D eigenvalue weighted by atomic mass is 9.98. The molecule has 0 aliphatic carbocycles. The number of aromatic hydroxyl groups is 1. The van der Waals surface area contributed by atoms with Crippen LogP contribution in [-0.4, -0.2) is 36.2 Å². The third-order valence-corrected chi connectivity index (χ3v) is 3.61. The van der Waals surface area contributed by atoms with Crippen molar-refractivity contribution in [3.63, 3.8) is 0 Å². The van der Waals surface area contributed by atoms with Crippen molar-refractivity contribution in [3.05, 3.63) is 29.3 Å². The number of hydrogen-bond donors (Lipinski definition) is 2. The maximum Gasteiger partial charge on any atom is 0.200 e. The van der Waals surface area contributed by atoms with Crippen molar-refractivity contribution in [3.8, 4) is 5.75 Å². The Hall–Kier alpha value is -1.20. The summed E-state index contributed by atoms with van der Waals surface area (Å²) in [6, 6.07) is 2.54. The second-order valence-electron chi connectivity index (χ2n) is 4.89. The Kier molecular flexibility index (Phi) is 4.71. The summed E-state index contributed by atoms with van der Waals surface area (Å²) >= 11 is 0. The Balaban J connectivity index is 2.30. The molecule has 0 unspecified atom stereocenters. The van der Waals surface area contributed by atoms with Crippen molar-refractivity contribution in [1.82, 2.24) is 10.2 Å². The second kappa shape index (κ2) is 6.30. The predicted molar refractivity (Wildman–Crippen MR) is 70.1 cm³/mol. The van der Waals surface area contributed by atoms with E-state index in [0.717, 1.165) is 45.1 Å². The van der Waals surface area contributed by atoms with E-state index in [2.05, 4.69) is 10.2 Å². The van der Waals surface area contributed by atoms with Gasteiger partial charge in [-0.25, -0.2) is 4.39 Å². The Labute approximate surface area is 112 Å². The Morgan fingerprint density at radius 2 is 2.00 bits per heavy atom. The molecule has 0 bridgehead atoms. The van der Waals surface area contributed by atoms with E-state index in [9.17, 15) is 13.9 Å². The molecule has 1 aromatic carbocycles. The highest BCUT2D eigenvalue weighted by Crippen LogP contribution is 2.34. The van der Waals surface area contributed by atoms with Gasteiger partial charge in [0.1, 0.15) is 0 Å². The van der Waals surface area contributed by atoms with E-state index in [-0.39, 0.29) is 6.04 Å². The van der Waals surface area contributed by atoms with Gasteiger partial charge >= 0.3 is 0 Å². The first-order chi connectivity index (χ1) is 9.15. The highest BCUT2D eigenvalue weighted by atomic mass is 19.2. The van der Waals surface area contributed by atoms with Gasteiger partial charge in [0.2, 0.25) is 5.82 Å². The van der Waals surface area contributed by atoms with Crippen LogP contribution in [0.25, 0.3) is 0 Å². The standard InChI is InChI=1S/C14H20F2N2O/c1-2-3-12(18-8-6-17-7-9-18)10-4-5-11(15)13(16)14(10)19/h4-5,12,17,19H,2-3,6-9H2,1H3/t12-/m1/s1. The molecule has 1 aliphatic rings. The molecule has 1 aliphatic heterocycles. The van der Waals surface area contributed by atoms with Crippen LogP contribution in [0.5, 0.6) is 5.75 Å². The molecule has 1 atom stereocenters. The first kappa shape index (κ1) is 14.2. The Morgan fingerprint density at radius 3 is 2.63 bits per heavy atom. The maximum absolute atomic E-state index is 13.5. The fourth-order valence-electron chi connectivity index (χ4n) is 2.63. The van der Waals surface area contributed by atoms with E-state index in [1.165, 1.54) is 6.07 Å². The third kappa shape index (κ3) is 3.04. The van der Waals surface area contributed by atoms with Gasteiger partial charge < -0.3 is 10.4 Å². The van der Waals surface area contributed by atoms with Gasteiger partial charge in [0.25, 0.3) is 0 Å². The lowest BCUT2D eigenvalue weighted by Crippen LogP contribution is -2.45. The van der Waals surface area contributed by atoms with E-state index >= 15 is 0 Å². The lowest BCUT2D eigenvalue weighted by Gasteiger charge is -2.35. The van der Waals surface area contributed by atoms with E-state index < -0.39 is 17.4 Å². The van der Waals surface area contributed by atoms with Crippen LogP contribution in [0.2, 0.25) is 0 Å². The lowest BCUT2D eigenvalue weighted by molar-refractivity contribution is 0.161. The molecule has 1 fully saturated rings. The molecule has 0 spiro atoms. The minimum Gasteiger partial charge on any atom is -0.505 e. The van der Waals surface area contributed by atoms with Gasteiger partial charge in [-0.2, -0.15) is 4.39 Å². The Morgan fingerprint density at radius 1 is 1.32 bits per heavy atom. The van der Waals surface area contributed by atoms with Gasteiger partial charge in [0, 0.05) is 37.8 Å². The van der Waals surface area contributed by atoms with Crippen molar-refractivity contribution in [2.45, 2.75) is 25.8 Å². The van der Waals surface area contributed by atoms with Crippen molar-refractivity contribution in [2.75, 3.05) is 26.2 Å². The molecule has 2 rings (SSSR count). The molecule has 0 saturated carbocycles. The number of phenols is 1. The SMILES string of the molecule is CCC[C@H](c1ccc(F)c(F)c1O)N1CCNCC1. The quantitative estimate of drug-likeness (QED) is 0.882. The van der Waals surface area contributed by atoms with E-state index in [1.807, 2.05) is 6.92 Å². The zero-order valence-electron chi connectivity index (χ0n) is 11.1. The summed E-state index contributed by atoms with van der Waals surface area (Å²) in [5.41, 5.74) is 0.489. The highest BCUT2D eigenvalue weighted by Gasteiger charge is 2.25. The molecular formula is C14H20F2N2O. The van der Waals surface area contributed by atoms with Crippen LogP contribution in [0, 0.1) is 11.6 Å². The first-order valence-electron chi connectivity index (χ1n) is 6.76. The fraction of sp³-hybridized carbons (Fsp3) is 0.571. The average molecular weight is 270 g/mol. The second-order valence-corrected chi connectivity index (χ2v) is 4.89. The van der Waals surface area contributed by atoms with E-state index in [4.69, 9.17) is 0 Å². The highest BCUT2D eigenvalue weighted by molar-refractivity contribution is 5.37. The first-order valence-corrected chi connectivity index (χ1v) is 6.76. The van der Waals surface area contributed by atoms with Crippen LogP contribution in [0.3, 0.4) is 0 Å². The van der Waals surface area contributed by atoms with Crippen LogP contribution in [-0.2, 0) is 0 Å². The van der Waals surface area contributed by atoms with Crippen molar-refractivity contribution in [1.29, 1.82) is 0 Å². The number of nitrogens with zero attached hydrogens (tertiary/aromatic N) is 1. The summed E-state index contributed by atoms with van der Waals surface area (Å²) < 4.78 is 26.6. The number of halogens is 2.